The van der Waals surface area contributed by atoms with Gasteiger partial charge in [0, 0.05) is 19.1 Å². The number of nitrogens with one attached hydrogen (secondary N) is 1. The lowest BCUT2D eigenvalue weighted by atomic mass is 9.92. The van der Waals surface area contributed by atoms with Crippen molar-refractivity contribution in [3.8, 4) is 0 Å². The Hall–Kier alpha value is -0.610. The van der Waals surface area contributed by atoms with Crippen molar-refractivity contribution in [1.82, 2.24) is 10.2 Å². The van der Waals surface area contributed by atoms with E-state index < -0.39 is 5.54 Å². The maximum atomic E-state index is 12.0. The zero-order chi connectivity index (χ0) is 15.9. The molecule has 0 fully saturated rings. The summed E-state index contributed by atoms with van der Waals surface area (Å²) in [5, 5.41) is 3.12. The van der Waals surface area contributed by atoms with E-state index in [0.29, 0.717) is 17.9 Å². The lowest BCUT2D eigenvalue weighted by molar-refractivity contribution is -0.148. The van der Waals surface area contributed by atoms with E-state index in [2.05, 4.69) is 44.8 Å². The van der Waals surface area contributed by atoms with E-state index in [1.807, 2.05) is 14.0 Å². The Morgan fingerprint density at radius 3 is 1.90 bits per heavy atom. The summed E-state index contributed by atoms with van der Waals surface area (Å²) in [6.45, 7) is 15.2. The van der Waals surface area contributed by atoms with Crippen molar-refractivity contribution in [2.75, 3.05) is 27.2 Å². The van der Waals surface area contributed by atoms with Gasteiger partial charge in [-0.1, -0.05) is 27.7 Å². The molecule has 20 heavy (non-hydrogen) atoms. The van der Waals surface area contributed by atoms with E-state index in [4.69, 9.17) is 4.74 Å². The predicted molar refractivity (Wildman–Crippen MR) is 84.8 cm³/mol. The summed E-state index contributed by atoms with van der Waals surface area (Å²) in [5.74, 6) is 1.05. The molecule has 4 nitrogen and oxygen atoms in total. The summed E-state index contributed by atoms with van der Waals surface area (Å²) >= 11 is 0. The molecule has 0 aromatic rings. The van der Waals surface area contributed by atoms with E-state index in [1.54, 1.807) is 0 Å². The summed E-state index contributed by atoms with van der Waals surface area (Å²) in [6.07, 6.45) is 0.746. The Bertz CT molecular complexity index is 282. The molecule has 0 aromatic heterocycles. The van der Waals surface area contributed by atoms with Crippen LogP contribution in [-0.2, 0) is 9.53 Å². The van der Waals surface area contributed by atoms with Crippen molar-refractivity contribution in [1.29, 1.82) is 0 Å². The number of hydrogen-bond donors (Lipinski definition) is 1. The fourth-order valence-electron chi connectivity index (χ4n) is 2.61. The number of likely N-dealkylation sites (N-methyl/N-ethyl adjacent to an activating group) is 1. The van der Waals surface area contributed by atoms with Crippen molar-refractivity contribution >= 4 is 5.97 Å². The maximum absolute atomic E-state index is 12.0. The van der Waals surface area contributed by atoms with Crippen LogP contribution in [0.15, 0.2) is 0 Å². The Balaban J connectivity index is 4.87. The normalized spacial score (nSPS) is 16.6. The number of hydrogen-bond acceptors (Lipinski definition) is 4. The smallest absolute Gasteiger partial charge is 0.325 e. The first-order chi connectivity index (χ1) is 9.16. The fourth-order valence-corrected chi connectivity index (χ4v) is 2.61. The highest BCUT2D eigenvalue weighted by Gasteiger charge is 2.35. The molecular weight excluding hydrogens is 252 g/mol. The molecule has 120 valence electrons. The molecular formula is C16H34N2O2. The number of methoxy groups -OCH3 is 1. The molecule has 0 aliphatic heterocycles. The number of esters is 1. The number of carbonyl (C=O) groups is 1. The monoisotopic (exact) mass is 286 g/mol. The van der Waals surface area contributed by atoms with Crippen molar-refractivity contribution in [3.63, 3.8) is 0 Å². The molecule has 0 rings (SSSR count). The lowest BCUT2D eigenvalue weighted by Gasteiger charge is -2.37. The summed E-state index contributed by atoms with van der Waals surface area (Å²) in [4.78, 5) is 14.4. The largest absolute Gasteiger partial charge is 0.468 e. The minimum absolute atomic E-state index is 0.194. The maximum Gasteiger partial charge on any atom is 0.325 e. The minimum atomic E-state index is -0.625. The average Bonchev–Trinajstić information content (AvgIpc) is 2.35. The Labute approximate surface area is 125 Å². The second-order valence-electron chi connectivity index (χ2n) is 6.87. The highest BCUT2D eigenvalue weighted by Crippen LogP contribution is 2.19. The van der Waals surface area contributed by atoms with Crippen LogP contribution in [0.25, 0.3) is 0 Å². The van der Waals surface area contributed by atoms with E-state index in [0.717, 1.165) is 19.5 Å². The first kappa shape index (κ1) is 19.4. The molecule has 1 N–H and O–H groups in total. The molecule has 4 heteroatoms. The van der Waals surface area contributed by atoms with Crippen LogP contribution in [0.4, 0.5) is 0 Å². The zero-order valence-electron chi connectivity index (χ0n) is 14.6. The van der Waals surface area contributed by atoms with Crippen LogP contribution >= 0.6 is 0 Å². The number of carbonyl (C=O) groups excluding carboxylic acids is 1. The van der Waals surface area contributed by atoms with Crippen molar-refractivity contribution in [3.05, 3.63) is 0 Å². The number of ether oxygens (including phenoxy) is 1. The first-order valence-electron chi connectivity index (χ1n) is 7.67. The van der Waals surface area contributed by atoms with Crippen LogP contribution in [-0.4, -0.2) is 49.7 Å². The molecule has 0 aromatic carbocycles. The topological polar surface area (TPSA) is 41.6 Å². The first-order valence-corrected chi connectivity index (χ1v) is 7.67. The standard InChI is InChI=1S/C16H34N2O2/c1-12(2)10-18(11-13(3)4)14(5)9-16(6,17-7)15(19)20-8/h12-14,17H,9-11H2,1-8H3. The third-order valence-electron chi connectivity index (χ3n) is 3.71. The SMILES string of the molecule is CNC(C)(CC(C)N(CC(C)C)CC(C)C)C(=O)OC. The highest BCUT2D eigenvalue weighted by molar-refractivity contribution is 5.80. The van der Waals surface area contributed by atoms with Crippen LogP contribution in [0, 0.1) is 11.8 Å². The molecule has 0 heterocycles. The van der Waals surface area contributed by atoms with Crippen LogP contribution in [0.3, 0.4) is 0 Å². The quantitative estimate of drug-likeness (QED) is 0.661. The second-order valence-corrected chi connectivity index (χ2v) is 6.87. The summed E-state index contributed by atoms with van der Waals surface area (Å²) < 4.78 is 4.93. The fraction of sp³-hybridized carbons (Fsp3) is 0.938. The molecule has 2 unspecified atom stereocenters. The van der Waals surface area contributed by atoms with Crippen LogP contribution in [0.5, 0.6) is 0 Å². The molecule has 0 saturated heterocycles. The van der Waals surface area contributed by atoms with Gasteiger partial charge in [0.1, 0.15) is 5.54 Å². The average molecular weight is 286 g/mol. The van der Waals surface area contributed by atoms with Crippen LogP contribution < -0.4 is 5.32 Å². The van der Waals surface area contributed by atoms with Gasteiger partial charge in [-0.15, -0.1) is 0 Å². The van der Waals surface area contributed by atoms with Gasteiger partial charge in [-0.3, -0.25) is 4.79 Å². The molecule has 0 amide bonds. The third-order valence-corrected chi connectivity index (χ3v) is 3.71. The summed E-state index contributed by atoms with van der Waals surface area (Å²) in [5.41, 5.74) is -0.625. The van der Waals surface area contributed by atoms with Gasteiger partial charge in [-0.25, -0.2) is 0 Å². The van der Waals surface area contributed by atoms with E-state index in [9.17, 15) is 4.79 Å². The van der Waals surface area contributed by atoms with Crippen molar-refractivity contribution < 1.29 is 9.53 Å². The molecule has 0 bridgehead atoms. The predicted octanol–water partition coefficient (Wildman–Crippen LogP) is 2.53. The Morgan fingerprint density at radius 1 is 1.15 bits per heavy atom. The van der Waals surface area contributed by atoms with Crippen molar-refractivity contribution in [2.45, 2.75) is 59.5 Å². The zero-order valence-corrected chi connectivity index (χ0v) is 14.6. The highest BCUT2D eigenvalue weighted by atomic mass is 16.5. The molecule has 0 spiro atoms. The van der Waals surface area contributed by atoms with Gasteiger partial charge in [-0.05, 0) is 39.2 Å². The molecule has 0 aliphatic rings. The van der Waals surface area contributed by atoms with Gasteiger partial charge in [0.25, 0.3) is 0 Å². The minimum Gasteiger partial charge on any atom is -0.468 e. The Kier molecular flexibility index (Phi) is 8.36. The molecule has 0 saturated carbocycles. The van der Waals surface area contributed by atoms with Crippen LogP contribution in [0.1, 0.15) is 48.0 Å². The Morgan fingerprint density at radius 2 is 1.60 bits per heavy atom. The third kappa shape index (κ3) is 6.23. The summed E-state index contributed by atoms with van der Waals surface area (Å²) in [6, 6.07) is 0.330. The molecule has 0 aliphatic carbocycles. The van der Waals surface area contributed by atoms with Crippen molar-refractivity contribution in [2.24, 2.45) is 11.8 Å². The number of nitrogens with zero attached hydrogens (tertiary/aromatic N) is 1. The van der Waals surface area contributed by atoms with Gasteiger partial charge >= 0.3 is 5.97 Å². The number of rotatable bonds is 9. The lowest BCUT2D eigenvalue weighted by Crippen LogP contribution is -2.53. The second kappa shape index (κ2) is 8.63. The van der Waals surface area contributed by atoms with Gasteiger partial charge < -0.3 is 15.0 Å². The molecule has 2 atom stereocenters. The van der Waals surface area contributed by atoms with Gasteiger partial charge in [0.15, 0.2) is 0 Å². The molecule has 0 radical (unpaired) electrons. The van der Waals surface area contributed by atoms with E-state index in [1.165, 1.54) is 7.11 Å². The van der Waals surface area contributed by atoms with Gasteiger partial charge in [0.05, 0.1) is 7.11 Å². The van der Waals surface area contributed by atoms with Gasteiger partial charge in [-0.2, -0.15) is 0 Å². The van der Waals surface area contributed by atoms with E-state index in [-0.39, 0.29) is 5.97 Å². The van der Waals surface area contributed by atoms with E-state index >= 15 is 0 Å². The van der Waals surface area contributed by atoms with Gasteiger partial charge in [0.2, 0.25) is 0 Å². The summed E-state index contributed by atoms with van der Waals surface area (Å²) in [7, 11) is 3.27. The van der Waals surface area contributed by atoms with Crippen LogP contribution in [0.2, 0.25) is 0 Å².